The van der Waals surface area contributed by atoms with Crippen molar-refractivity contribution in [3.05, 3.63) is 354 Å². The fraction of sp³-hybridized carbons (Fsp3) is 0.0125. The van der Waals surface area contributed by atoms with Crippen molar-refractivity contribution in [3.63, 3.8) is 0 Å². The number of carboxylic acids is 1. The van der Waals surface area contributed by atoms with E-state index in [1.165, 1.54) is 18.1 Å². The summed E-state index contributed by atoms with van der Waals surface area (Å²) in [6.45, 7) is 0. The van der Waals surface area contributed by atoms with Crippen molar-refractivity contribution in [2.24, 2.45) is 0 Å². The Morgan fingerprint density at radius 3 is 1.07 bits per heavy atom. The summed E-state index contributed by atoms with van der Waals surface area (Å²) in [6.07, 6.45) is 7.68. The van der Waals surface area contributed by atoms with Crippen molar-refractivity contribution < 1.29 is 19.4 Å². The highest BCUT2D eigenvalue weighted by atomic mass is 79.9. The normalized spacial score (nSPS) is 10.5. The lowest BCUT2D eigenvalue weighted by atomic mass is 10.1. The van der Waals surface area contributed by atoms with Gasteiger partial charge in [0, 0.05) is 65.3 Å². The predicted octanol–water partition coefficient (Wildman–Crippen LogP) is 22.0. The maximum absolute atomic E-state index is 11.2. The van der Waals surface area contributed by atoms with Crippen molar-refractivity contribution in [1.82, 2.24) is 24.9 Å². The number of aliphatic carboxylic acids is 1. The molecule has 0 aliphatic rings. The van der Waals surface area contributed by atoms with Crippen molar-refractivity contribution >= 4 is 91.2 Å². The molecule has 0 saturated carbocycles. The molecule has 14 heteroatoms. The van der Waals surface area contributed by atoms with E-state index in [0.29, 0.717) is 0 Å². The van der Waals surface area contributed by atoms with Gasteiger partial charge in [-0.25, -0.2) is 29.5 Å². The Kier molecular flexibility index (Phi) is 27.2. The smallest absolute Gasteiger partial charge is 0.330 e. The van der Waals surface area contributed by atoms with Crippen LogP contribution >= 0.6 is 67.1 Å². The van der Waals surface area contributed by atoms with Crippen molar-refractivity contribution in [3.8, 4) is 56.3 Å². The van der Waals surface area contributed by atoms with E-state index in [0.717, 1.165) is 107 Å². The average molecular weight is 1410 g/mol. The summed E-state index contributed by atoms with van der Waals surface area (Å²) in [4.78, 5) is 47.8. The Morgan fingerprint density at radius 1 is 0.362 bits per heavy atom. The van der Waals surface area contributed by atoms with E-state index >= 15 is 0 Å². The Bertz CT molecular complexity index is 4500. The molecule has 462 valence electrons. The minimum Gasteiger partial charge on any atom is -0.478 e. The van der Waals surface area contributed by atoms with Crippen LogP contribution in [0.5, 0.6) is 0 Å². The fourth-order valence-corrected chi connectivity index (χ4v) is 12.2. The van der Waals surface area contributed by atoms with E-state index in [1.807, 2.05) is 255 Å². The van der Waals surface area contributed by atoms with Gasteiger partial charge in [-0.3, -0.25) is 4.98 Å². The lowest BCUT2D eigenvalue weighted by Gasteiger charge is -2.05. The maximum Gasteiger partial charge on any atom is 0.330 e. The van der Waals surface area contributed by atoms with Gasteiger partial charge in [-0.2, -0.15) is 0 Å². The summed E-state index contributed by atoms with van der Waals surface area (Å²) in [7, 11) is 1.37. The number of nitrogens with zero attached hydrogens (tertiary/aromatic N) is 5. The van der Waals surface area contributed by atoms with Crippen LogP contribution in [0, 0.1) is 0 Å². The number of pyridine rings is 5. The van der Waals surface area contributed by atoms with E-state index in [1.54, 1.807) is 47.4 Å². The molecule has 0 unspecified atom stereocenters. The lowest BCUT2D eigenvalue weighted by Crippen LogP contribution is -1.93. The molecule has 94 heavy (non-hydrogen) atoms. The molecule has 0 saturated heterocycles. The highest BCUT2D eigenvalue weighted by Gasteiger charge is 2.08. The van der Waals surface area contributed by atoms with Gasteiger partial charge in [0.1, 0.15) is 19.7 Å². The quantitative estimate of drug-likeness (QED) is 0.0596. The first kappa shape index (κ1) is 68.3. The van der Waals surface area contributed by atoms with Gasteiger partial charge < -0.3 is 9.84 Å². The van der Waals surface area contributed by atoms with Crippen LogP contribution in [0.25, 0.3) is 68.4 Å². The maximum atomic E-state index is 11.2. The minimum atomic E-state index is -0.953. The molecule has 13 aromatic rings. The highest BCUT2D eigenvalue weighted by Crippen LogP contribution is 2.33. The molecular weight excluding hydrogens is 1350 g/mol. The number of hydrogen-bond donors (Lipinski definition) is 1. The van der Waals surface area contributed by atoms with Gasteiger partial charge in [-0.1, -0.05) is 264 Å². The number of carbonyl (C=O) groups excluding carboxylic acids is 1. The van der Waals surface area contributed by atoms with Crippen LogP contribution in [-0.2, 0) is 14.3 Å². The van der Waals surface area contributed by atoms with E-state index in [2.05, 4.69) is 113 Å². The summed E-state index contributed by atoms with van der Waals surface area (Å²) >= 11 is 11.7. The molecule has 0 spiro atoms. The van der Waals surface area contributed by atoms with E-state index in [9.17, 15) is 9.59 Å². The van der Waals surface area contributed by atoms with Crippen LogP contribution < -0.4 is 0 Å². The topological polar surface area (TPSA) is 128 Å². The second kappa shape index (κ2) is 37.5. The minimum absolute atomic E-state index is 0.365. The van der Waals surface area contributed by atoms with E-state index in [4.69, 9.17) is 20.1 Å². The van der Waals surface area contributed by atoms with Crippen LogP contribution in [0.15, 0.2) is 373 Å². The Labute approximate surface area is 578 Å². The fourth-order valence-electron chi connectivity index (χ4n) is 8.70. The first-order chi connectivity index (χ1) is 46.1. The van der Waals surface area contributed by atoms with Gasteiger partial charge in [-0.05, 0) is 142 Å². The van der Waals surface area contributed by atoms with Gasteiger partial charge in [0.25, 0.3) is 0 Å². The number of benzene rings is 8. The van der Waals surface area contributed by atoms with E-state index < -0.39 is 5.97 Å². The number of carboxylic acid groups (broad SMARTS) is 1. The molecule has 0 fully saturated rings. The van der Waals surface area contributed by atoms with Gasteiger partial charge >= 0.3 is 11.9 Å². The number of methoxy groups -OCH3 is 1. The third-order valence-electron chi connectivity index (χ3n) is 13.1. The third kappa shape index (κ3) is 23.3. The second-order valence-corrected chi connectivity index (χ2v) is 24.9. The van der Waals surface area contributed by atoms with E-state index in [-0.39, 0.29) is 5.97 Å². The van der Waals surface area contributed by atoms with Crippen LogP contribution in [0.1, 0.15) is 11.1 Å². The average Bonchev–Trinajstić information content (AvgIpc) is 1.45. The second-order valence-electron chi connectivity index (χ2n) is 19.9. The molecule has 0 aliphatic heterocycles. The summed E-state index contributed by atoms with van der Waals surface area (Å²) in [5.74, 6) is -1.32. The van der Waals surface area contributed by atoms with Gasteiger partial charge in [0.2, 0.25) is 0 Å². The third-order valence-corrected chi connectivity index (χ3v) is 16.8. The SMILES string of the molecule is Brc1cccc(-c2ccccc2)n1.Brc1cccc(Sc2cccc(-c3ccccc3)n2)c1.COC(=O)/C=C/c1cccc(Sc2cccc(-c3ccccc3)n2)c1.O=C(O)/C=C/c1cccc(Sc2cccc(-c3ccccc3)n2)c1.c1ccc(-c2ccccn2)cc1. The molecule has 5 aromatic heterocycles. The Balaban J connectivity index is 0.000000142. The summed E-state index contributed by atoms with van der Waals surface area (Å²) in [6, 6.07) is 105. The van der Waals surface area contributed by atoms with Crippen LogP contribution in [0.2, 0.25) is 0 Å². The number of halogens is 2. The lowest BCUT2D eigenvalue weighted by molar-refractivity contribution is -0.135. The molecule has 0 atom stereocenters. The monoisotopic (exact) mass is 1410 g/mol. The number of esters is 1. The van der Waals surface area contributed by atoms with Crippen LogP contribution in [0.3, 0.4) is 0 Å². The number of aromatic nitrogens is 5. The number of carbonyl (C=O) groups is 2. The zero-order chi connectivity index (χ0) is 65.4. The largest absolute Gasteiger partial charge is 0.478 e. The Morgan fingerprint density at radius 2 is 0.702 bits per heavy atom. The number of rotatable bonds is 15. The molecule has 8 aromatic carbocycles. The molecule has 1 N–H and O–H groups in total. The molecule has 0 bridgehead atoms. The van der Waals surface area contributed by atoms with Crippen molar-refractivity contribution in [1.29, 1.82) is 0 Å². The highest BCUT2D eigenvalue weighted by molar-refractivity contribution is 9.10. The molecule has 5 heterocycles. The van der Waals surface area contributed by atoms with Crippen molar-refractivity contribution in [2.75, 3.05) is 7.11 Å². The standard InChI is InChI=1S/C21H17NO2S.C20H15NO2S.C17H12BrNS.C11H8BrN.C11H9N/c1-24-21(23)14-13-16-7-5-10-18(15-16)25-20-12-6-11-19(22-20)17-8-3-2-4-9-17;22-20(23)13-12-15-6-4-9-17(14-15)24-19-11-5-10-18(21-19)16-7-2-1-3-8-16;18-14-8-4-9-15(12-14)20-17-11-5-10-16(19-17)13-6-2-1-3-7-13;12-11-8-4-7-10(13-11)9-5-2-1-3-6-9;1-2-6-10(7-3-1)11-8-4-5-9-12-11/h2-15H,1H3;1-14H,(H,22,23);1-12H;1-8H;1-9H/b14-13+;13-12+;;;. The first-order valence-corrected chi connectivity index (χ1v) is 33.5. The zero-order valence-electron chi connectivity index (χ0n) is 50.8. The first-order valence-electron chi connectivity index (χ1n) is 29.5. The molecule has 0 aliphatic carbocycles. The number of ether oxygens (including phenoxy) is 1. The summed E-state index contributed by atoms with van der Waals surface area (Å²) in [5, 5.41) is 11.5. The zero-order valence-corrected chi connectivity index (χ0v) is 56.4. The van der Waals surface area contributed by atoms with Crippen molar-refractivity contribution in [2.45, 2.75) is 29.8 Å². The molecule has 0 radical (unpaired) electrons. The predicted molar refractivity (Wildman–Crippen MR) is 393 cm³/mol. The Hall–Kier alpha value is -10.1. The molecule has 9 nitrogen and oxygen atoms in total. The molecule has 0 amide bonds. The van der Waals surface area contributed by atoms with Gasteiger partial charge in [-0.15, -0.1) is 0 Å². The molecule has 13 rings (SSSR count). The van der Waals surface area contributed by atoms with Crippen LogP contribution in [-0.4, -0.2) is 49.1 Å². The molecular formula is C80H61Br2N5O4S3. The summed E-state index contributed by atoms with van der Waals surface area (Å²) in [5.41, 5.74) is 12.3. The van der Waals surface area contributed by atoms with Crippen LogP contribution in [0.4, 0.5) is 0 Å². The number of hydrogen-bond acceptors (Lipinski definition) is 11. The van der Waals surface area contributed by atoms with Gasteiger partial charge in [0.05, 0.1) is 35.6 Å². The summed E-state index contributed by atoms with van der Waals surface area (Å²) < 4.78 is 6.57. The van der Waals surface area contributed by atoms with Gasteiger partial charge in [0.15, 0.2) is 0 Å².